The quantitative estimate of drug-likeness (QED) is 0.442. The zero-order valence-electron chi connectivity index (χ0n) is 15.5. The van der Waals surface area contributed by atoms with Crippen LogP contribution in [-0.2, 0) is 0 Å². The Morgan fingerprint density at radius 3 is 2.04 bits per heavy atom. The van der Waals surface area contributed by atoms with E-state index in [2.05, 4.69) is 10.2 Å². The van der Waals surface area contributed by atoms with Crippen molar-refractivity contribution in [2.45, 2.75) is 6.92 Å². The average molecular weight is 358 g/mol. The van der Waals surface area contributed by atoms with E-state index in [9.17, 15) is 0 Å². The minimum absolute atomic E-state index is 0.589. The number of rotatable bonds is 7. The molecule has 0 aliphatic rings. The third kappa shape index (κ3) is 4.82. The predicted molar refractivity (Wildman–Crippen MR) is 110 cm³/mol. The molecule has 0 radical (unpaired) electrons. The van der Waals surface area contributed by atoms with Crippen molar-refractivity contribution in [1.29, 1.82) is 0 Å². The largest absolute Gasteiger partial charge is 0.493 e. The predicted octanol–water partition coefficient (Wildman–Crippen LogP) is 4.97. The van der Waals surface area contributed by atoms with Gasteiger partial charge in [0.15, 0.2) is 11.5 Å². The van der Waals surface area contributed by atoms with Gasteiger partial charge in [0.1, 0.15) is 5.71 Å². The van der Waals surface area contributed by atoms with Crippen molar-refractivity contribution in [3.05, 3.63) is 95.6 Å². The van der Waals surface area contributed by atoms with E-state index >= 15 is 0 Å². The zero-order valence-corrected chi connectivity index (χ0v) is 15.5. The summed E-state index contributed by atoms with van der Waals surface area (Å²) < 4.78 is 10.9. The Labute approximate surface area is 159 Å². The van der Waals surface area contributed by atoms with Gasteiger partial charge in [-0.05, 0) is 30.7 Å². The SMILES string of the molecule is CCOc1ccc(C=NN=C(c2ccccc2)c2ccccc2)cc1OC. The minimum atomic E-state index is 0.589. The van der Waals surface area contributed by atoms with Gasteiger partial charge in [-0.2, -0.15) is 5.10 Å². The second-order valence-corrected chi connectivity index (χ2v) is 5.77. The first-order chi connectivity index (χ1) is 13.3. The summed E-state index contributed by atoms with van der Waals surface area (Å²) in [5, 5.41) is 8.80. The number of hydrogen-bond acceptors (Lipinski definition) is 4. The van der Waals surface area contributed by atoms with Crippen LogP contribution in [0.5, 0.6) is 11.5 Å². The Hall–Kier alpha value is -3.40. The summed E-state index contributed by atoms with van der Waals surface area (Å²) in [6, 6.07) is 25.8. The van der Waals surface area contributed by atoms with Gasteiger partial charge in [-0.25, -0.2) is 0 Å². The third-order valence-corrected chi connectivity index (χ3v) is 3.95. The lowest BCUT2D eigenvalue weighted by Crippen LogP contribution is -2.02. The van der Waals surface area contributed by atoms with Crippen molar-refractivity contribution in [3.8, 4) is 11.5 Å². The fourth-order valence-electron chi connectivity index (χ4n) is 2.67. The van der Waals surface area contributed by atoms with E-state index in [1.807, 2.05) is 85.8 Å². The Balaban J connectivity index is 1.91. The first kappa shape index (κ1) is 18.4. The fraction of sp³-hybridized carbons (Fsp3) is 0.130. The summed E-state index contributed by atoms with van der Waals surface area (Å²) in [6.07, 6.45) is 1.71. The molecule has 0 spiro atoms. The van der Waals surface area contributed by atoms with E-state index in [-0.39, 0.29) is 0 Å². The Kier molecular flexibility index (Phi) is 6.36. The molecule has 4 heteroatoms. The van der Waals surface area contributed by atoms with Gasteiger partial charge in [0.05, 0.1) is 19.9 Å². The number of methoxy groups -OCH3 is 1. The van der Waals surface area contributed by atoms with E-state index in [1.165, 1.54) is 0 Å². The summed E-state index contributed by atoms with van der Waals surface area (Å²) in [7, 11) is 1.62. The molecule has 0 fully saturated rings. The van der Waals surface area contributed by atoms with Gasteiger partial charge in [0.2, 0.25) is 0 Å². The Morgan fingerprint density at radius 2 is 1.48 bits per heavy atom. The van der Waals surface area contributed by atoms with Crippen LogP contribution in [0.2, 0.25) is 0 Å². The van der Waals surface area contributed by atoms with Crippen molar-refractivity contribution in [2.24, 2.45) is 10.2 Å². The number of ether oxygens (including phenoxy) is 2. The van der Waals surface area contributed by atoms with Gasteiger partial charge < -0.3 is 9.47 Å². The maximum atomic E-state index is 5.54. The van der Waals surface area contributed by atoms with E-state index in [1.54, 1.807) is 13.3 Å². The van der Waals surface area contributed by atoms with Crippen LogP contribution in [0.25, 0.3) is 0 Å². The standard InChI is InChI=1S/C23H22N2O2/c1-3-27-21-15-14-18(16-22(21)26-2)17-24-25-23(19-10-6-4-7-11-19)20-12-8-5-9-13-20/h4-17H,3H2,1-2H3. The average Bonchev–Trinajstić information content (AvgIpc) is 2.73. The maximum absolute atomic E-state index is 5.54. The molecular weight excluding hydrogens is 336 g/mol. The molecule has 0 N–H and O–H groups in total. The van der Waals surface area contributed by atoms with Crippen LogP contribution in [-0.4, -0.2) is 25.6 Å². The lowest BCUT2D eigenvalue weighted by atomic mass is 10.0. The highest BCUT2D eigenvalue weighted by Crippen LogP contribution is 2.27. The van der Waals surface area contributed by atoms with Gasteiger partial charge in [-0.3, -0.25) is 0 Å². The number of nitrogens with zero attached hydrogens (tertiary/aromatic N) is 2. The van der Waals surface area contributed by atoms with Gasteiger partial charge in [0.25, 0.3) is 0 Å². The smallest absolute Gasteiger partial charge is 0.161 e. The van der Waals surface area contributed by atoms with Gasteiger partial charge >= 0.3 is 0 Å². The normalized spacial score (nSPS) is 10.6. The summed E-state index contributed by atoms with van der Waals surface area (Å²) in [5.41, 5.74) is 3.75. The topological polar surface area (TPSA) is 43.2 Å². The molecule has 3 aromatic rings. The molecule has 3 rings (SSSR count). The lowest BCUT2D eigenvalue weighted by Gasteiger charge is -2.09. The van der Waals surface area contributed by atoms with Crippen molar-refractivity contribution in [2.75, 3.05) is 13.7 Å². The number of benzene rings is 3. The molecule has 0 saturated carbocycles. The van der Waals surface area contributed by atoms with Gasteiger partial charge in [-0.15, -0.1) is 5.10 Å². The van der Waals surface area contributed by atoms with Crippen LogP contribution in [0.15, 0.2) is 89.1 Å². The summed E-state index contributed by atoms with van der Waals surface area (Å²) in [5.74, 6) is 1.39. The lowest BCUT2D eigenvalue weighted by molar-refractivity contribution is 0.311. The van der Waals surface area contributed by atoms with Crippen LogP contribution in [0.3, 0.4) is 0 Å². The summed E-state index contributed by atoms with van der Waals surface area (Å²) in [6.45, 7) is 2.53. The third-order valence-electron chi connectivity index (χ3n) is 3.95. The second kappa shape index (κ2) is 9.34. The maximum Gasteiger partial charge on any atom is 0.161 e. The highest BCUT2D eigenvalue weighted by atomic mass is 16.5. The molecule has 0 aliphatic carbocycles. The molecule has 0 heterocycles. The first-order valence-corrected chi connectivity index (χ1v) is 8.84. The van der Waals surface area contributed by atoms with Crippen molar-refractivity contribution < 1.29 is 9.47 Å². The van der Waals surface area contributed by atoms with Crippen molar-refractivity contribution in [1.82, 2.24) is 0 Å². The van der Waals surface area contributed by atoms with E-state index in [0.717, 1.165) is 28.2 Å². The monoisotopic (exact) mass is 358 g/mol. The van der Waals surface area contributed by atoms with Crippen LogP contribution in [0.1, 0.15) is 23.6 Å². The highest BCUT2D eigenvalue weighted by Gasteiger charge is 2.06. The minimum Gasteiger partial charge on any atom is -0.493 e. The molecule has 0 amide bonds. The molecule has 136 valence electrons. The summed E-state index contributed by atoms with van der Waals surface area (Å²) in [4.78, 5) is 0. The molecule has 0 saturated heterocycles. The Bertz CT molecular complexity index is 878. The fourth-order valence-corrected chi connectivity index (χ4v) is 2.67. The van der Waals surface area contributed by atoms with E-state index in [0.29, 0.717) is 12.4 Å². The zero-order chi connectivity index (χ0) is 18.9. The number of hydrogen-bond donors (Lipinski definition) is 0. The van der Waals surface area contributed by atoms with Crippen LogP contribution in [0.4, 0.5) is 0 Å². The molecule has 0 aliphatic heterocycles. The Morgan fingerprint density at radius 1 is 0.852 bits per heavy atom. The highest BCUT2D eigenvalue weighted by molar-refractivity contribution is 6.12. The van der Waals surface area contributed by atoms with Crippen molar-refractivity contribution in [3.63, 3.8) is 0 Å². The van der Waals surface area contributed by atoms with Crippen LogP contribution >= 0.6 is 0 Å². The molecule has 0 bridgehead atoms. The molecule has 27 heavy (non-hydrogen) atoms. The van der Waals surface area contributed by atoms with Crippen LogP contribution < -0.4 is 9.47 Å². The molecule has 0 aromatic heterocycles. The second-order valence-electron chi connectivity index (χ2n) is 5.77. The molecule has 0 atom stereocenters. The van der Waals surface area contributed by atoms with Gasteiger partial charge in [0, 0.05) is 11.1 Å². The first-order valence-electron chi connectivity index (χ1n) is 8.84. The van der Waals surface area contributed by atoms with Crippen molar-refractivity contribution >= 4 is 11.9 Å². The molecule has 3 aromatic carbocycles. The molecule has 0 unspecified atom stereocenters. The molecule has 4 nitrogen and oxygen atoms in total. The summed E-state index contributed by atoms with van der Waals surface area (Å²) >= 11 is 0. The molecular formula is C23H22N2O2. The van der Waals surface area contributed by atoms with Crippen LogP contribution in [0, 0.1) is 0 Å². The van der Waals surface area contributed by atoms with E-state index < -0.39 is 0 Å². The van der Waals surface area contributed by atoms with E-state index in [4.69, 9.17) is 9.47 Å². The van der Waals surface area contributed by atoms with Gasteiger partial charge in [-0.1, -0.05) is 60.7 Å².